The summed E-state index contributed by atoms with van der Waals surface area (Å²) in [5.41, 5.74) is 0.366. The van der Waals surface area contributed by atoms with Gasteiger partial charge in [0.15, 0.2) is 6.10 Å². The first-order valence-electron chi connectivity index (χ1n) is 6.25. The predicted molar refractivity (Wildman–Crippen MR) is 69.0 cm³/mol. The summed E-state index contributed by atoms with van der Waals surface area (Å²) in [5, 5.41) is 2.79. The summed E-state index contributed by atoms with van der Waals surface area (Å²) in [5.74, 6) is -0.208. The van der Waals surface area contributed by atoms with Crippen LogP contribution in [0.4, 0.5) is 0 Å². The van der Waals surface area contributed by atoms with E-state index in [4.69, 9.17) is 9.47 Å². The Bertz CT molecular complexity index is 482. The van der Waals surface area contributed by atoms with Gasteiger partial charge in [-0.25, -0.2) is 4.79 Å². The first kappa shape index (κ1) is 13.4. The van der Waals surface area contributed by atoms with E-state index in [1.807, 2.05) is 0 Å². The Labute approximate surface area is 111 Å². The van der Waals surface area contributed by atoms with E-state index >= 15 is 0 Å². The van der Waals surface area contributed by atoms with Gasteiger partial charge in [0, 0.05) is 6.04 Å². The van der Waals surface area contributed by atoms with E-state index in [1.54, 1.807) is 31.2 Å². The number of carbonyl (C=O) groups excluding carboxylic acids is 2. The highest BCUT2D eigenvalue weighted by Gasteiger charge is 2.27. The summed E-state index contributed by atoms with van der Waals surface area (Å²) in [6.45, 7) is 1.57. The van der Waals surface area contributed by atoms with E-state index < -0.39 is 12.1 Å². The normalized spacial score (nSPS) is 15.5. The van der Waals surface area contributed by atoms with Crippen molar-refractivity contribution >= 4 is 11.9 Å². The topological polar surface area (TPSA) is 64.6 Å². The minimum atomic E-state index is -0.792. The molecule has 1 amide bonds. The van der Waals surface area contributed by atoms with Crippen molar-refractivity contribution in [2.75, 3.05) is 7.11 Å². The monoisotopic (exact) mass is 263 g/mol. The molecule has 0 aromatic heterocycles. The zero-order chi connectivity index (χ0) is 13.8. The number of rotatable bonds is 5. The van der Waals surface area contributed by atoms with Crippen LogP contribution in [-0.4, -0.2) is 31.1 Å². The fraction of sp³-hybridized carbons (Fsp3) is 0.429. The van der Waals surface area contributed by atoms with E-state index in [0.717, 1.165) is 12.8 Å². The predicted octanol–water partition coefficient (Wildman–Crippen LogP) is 1.52. The molecule has 0 aliphatic heterocycles. The Morgan fingerprint density at radius 2 is 2.11 bits per heavy atom. The van der Waals surface area contributed by atoms with Crippen molar-refractivity contribution in [2.24, 2.45) is 0 Å². The summed E-state index contributed by atoms with van der Waals surface area (Å²) in [6, 6.07) is 6.89. The Morgan fingerprint density at radius 1 is 1.37 bits per heavy atom. The third-order valence-corrected chi connectivity index (χ3v) is 2.88. The molecule has 5 heteroatoms. The number of esters is 1. The maximum absolute atomic E-state index is 11.9. The van der Waals surface area contributed by atoms with Gasteiger partial charge in [0.05, 0.1) is 12.7 Å². The highest BCUT2D eigenvalue weighted by atomic mass is 16.5. The second-order valence-corrected chi connectivity index (χ2v) is 4.56. The van der Waals surface area contributed by atoms with Crippen molar-refractivity contribution in [1.82, 2.24) is 5.32 Å². The molecule has 0 bridgehead atoms. The fourth-order valence-electron chi connectivity index (χ4n) is 1.58. The first-order chi connectivity index (χ1) is 9.10. The van der Waals surface area contributed by atoms with Gasteiger partial charge in [-0.15, -0.1) is 0 Å². The second-order valence-electron chi connectivity index (χ2n) is 4.56. The van der Waals surface area contributed by atoms with Crippen LogP contribution < -0.4 is 10.1 Å². The van der Waals surface area contributed by atoms with Crippen LogP contribution in [0.1, 0.15) is 30.1 Å². The molecule has 1 unspecified atom stereocenters. The maximum atomic E-state index is 11.9. The molecule has 1 fully saturated rings. The summed E-state index contributed by atoms with van der Waals surface area (Å²) < 4.78 is 10.2. The molecule has 0 spiro atoms. The minimum Gasteiger partial charge on any atom is -0.497 e. The zero-order valence-electron chi connectivity index (χ0n) is 11.0. The van der Waals surface area contributed by atoms with Gasteiger partial charge >= 0.3 is 5.97 Å². The lowest BCUT2D eigenvalue weighted by atomic mass is 10.2. The van der Waals surface area contributed by atoms with E-state index in [-0.39, 0.29) is 11.9 Å². The number of amides is 1. The van der Waals surface area contributed by atoms with Crippen molar-refractivity contribution in [3.63, 3.8) is 0 Å². The number of benzene rings is 1. The molecular formula is C14H17NO4. The molecule has 1 aliphatic rings. The van der Waals surface area contributed by atoms with Gasteiger partial charge in [0.25, 0.3) is 5.91 Å². The Hall–Kier alpha value is -2.04. The SMILES string of the molecule is COc1cccc(C(=O)OC(C)C(=O)NC2CC2)c1. The molecule has 19 heavy (non-hydrogen) atoms. The fourth-order valence-corrected chi connectivity index (χ4v) is 1.58. The third kappa shape index (κ3) is 3.71. The Kier molecular flexibility index (Phi) is 4.04. The van der Waals surface area contributed by atoms with Gasteiger partial charge in [-0.2, -0.15) is 0 Å². The van der Waals surface area contributed by atoms with Crippen LogP contribution in [0.25, 0.3) is 0 Å². The smallest absolute Gasteiger partial charge is 0.339 e. The summed E-state index contributed by atoms with van der Waals surface area (Å²) in [4.78, 5) is 23.5. The van der Waals surface area contributed by atoms with Crippen molar-refractivity contribution in [3.05, 3.63) is 29.8 Å². The van der Waals surface area contributed by atoms with E-state index in [0.29, 0.717) is 11.3 Å². The molecule has 1 aromatic carbocycles. The number of hydrogen-bond donors (Lipinski definition) is 1. The lowest BCUT2D eigenvalue weighted by molar-refractivity contribution is -0.129. The quantitative estimate of drug-likeness (QED) is 0.818. The average molecular weight is 263 g/mol. The average Bonchev–Trinajstić information content (AvgIpc) is 3.22. The molecule has 1 aliphatic carbocycles. The van der Waals surface area contributed by atoms with E-state index in [1.165, 1.54) is 7.11 Å². The van der Waals surface area contributed by atoms with Crippen LogP contribution in [0.2, 0.25) is 0 Å². The largest absolute Gasteiger partial charge is 0.497 e. The Balaban J connectivity index is 1.93. The number of ether oxygens (including phenoxy) is 2. The highest BCUT2D eigenvalue weighted by molar-refractivity contribution is 5.92. The van der Waals surface area contributed by atoms with Crippen LogP contribution >= 0.6 is 0 Å². The van der Waals surface area contributed by atoms with Crippen LogP contribution in [0.3, 0.4) is 0 Å². The standard InChI is InChI=1S/C14H17NO4/c1-9(13(16)15-11-6-7-11)19-14(17)10-4-3-5-12(8-10)18-2/h3-5,8-9,11H,6-7H2,1-2H3,(H,15,16). The van der Waals surface area contributed by atoms with Crippen LogP contribution in [0.15, 0.2) is 24.3 Å². The molecule has 1 saturated carbocycles. The van der Waals surface area contributed by atoms with Gasteiger partial charge < -0.3 is 14.8 Å². The molecule has 5 nitrogen and oxygen atoms in total. The number of methoxy groups -OCH3 is 1. The van der Waals surface area contributed by atoms with Gasteiger partial charge in [-0.05, 0) is 38.0 Å². The molecule has 0 radical (unpaired) electrons. The third-order valence-electron chi connectivity index (χ3n) is 2.88. The van der Waals surface area contributed by atoms with Crippen molar-refractivity contribution in [1.29, 1.82) is 0 Å². The first-order valence-corrected chi connectivity index (χ1v) is 6.25. The van der Waals surface area contributed by atoms with Crippen molar-refractivity contribution in [2.45, 2.75) is 31.9 Å². The number of carbonyl (C=O) groups is 2. The second kappa shape index (κ2) is 5.73. The Morgan fingerprint density at radius 3 is 2.74 bits per heavy atom. The molecule has 0 heterocycles. The van der Waals surface area contributed by atoms with E-state index in [9.17, 15) is 9.59 Å². The lowest BCUT2D eigenvalue weighted by Gasteiger charge is -2.13. The molecular weight excluding hydrogens is 246 g/mol. The van der Waals surface area contributed by atoms with Gasteiger partial charge in [-0.1, -0.05) is 6.07 Å². The van der Waals surface area contributed by atoms with Gasteiger partial charge in [0.2, 0.25) is 0 Å². The lowest BCUT2D eigenvalue weighted by Crippen LogP contribution is -2.37. The summed E-state index contributed by atoms with van der Waals surface area (Å²) >= 11 is 0. The van der Waals surface area contributed by atoms with Crippen LogP contribution in [-0.2, 0) is 9.53 Å². The molecule has 0 saturated heterocycles. The minimum absolute atomic E-state index is 0.251. The molecule has 1 aromatic rings. The molecule has 1 N–H and O–H groups in total. The van der Waals surface area contributed by atoms with Crippen LogP contribution in [0.5, 0.6) is 5.75 Å². The van der Waals surface area contributed by atoms with Crippen LogP contribution in [0, 0.1) is 0 Å². The van der Waals surface area contributed by atoms with Gasteiger partial charge in [0.1, 0.15) is 5.75 Å². The van der Waals surface area contributed by atoms with Crippen molar-refractivity contribution in [3.8, 4) is 5.75 Å². The summed E-state index contributed by atoms with van der Waals surface area (Å²) in [6.07, 6.45) is 1.21. The molecule has 2 rings (SSSR count). The highest BCUT2D eigenvalue weighted by Crippen LogP contribution is 2.19. The number of nitrogens with one attached hydrogen (secondary N) is 1. The van der Waals surface area contributed by atoms with E-state index in [2.05, 4.69) is 5.32 Å². The maximum Gasteiger partial charge on any atom is 0.339 e. The molecule has 1 atom stereocenters. The zero-order valence-corrected chi connectivity index (χ0v) is 11.0. The van der Waals surface area contributed by atoms with Crippen molar-refractivity contribution < 1.29 is 19.1 Å². The summed E-state index contributed by atoms with van der Waals surface area (Å²) in [7, 11) is 1.52. The number of hydrogen-bond acceptors (Lipinski definition) is 4. The molecule has 102 valence electrons. The van der Waals surface area contributed by atoms with Gasteiger partial charge in [-0.3, -0.25) is 4.79 Å².